The van der Waals surface area contributed by atoms with Gasteiger partial charge in [-0.05, 0) is 20.0 Å². The van der Waals surface area contributed by atoms with Crippen molar-refractivity contribution < 1.29 is 4.79 Å². The lowest BCUT2D eigenvalue weighted by atomic mass is 10.3. The maximum absolute atomic E-state index is 12.0. The van der Waals surface area contributed by atoms with E-state index < -0.39 is 0 Å². The van der Waals surface area contributed by atoms with Crippen LogP contribution in [0.2, 0.25) is 0 Å². The van der Waals surface area contributed by atoms with Gasteiger partial charge in [0.1, 0.15) is 5.56 Å². The molecule has 18 heavy (non-hydrogen) atoms. The Morgan fingerprint density at radius 2 is 2.33 bits per heavy atom. The molecule has 0 atom stereocenters. The quantitative estimate of drug-likeness (QED) is 0.752. The lowest BCUT2D eigenvalue weighted by Crippen LogP contribution is -2.32. The molecule has 6 nitrogen and oxygen atoms in total. The molecule has 2 aromatic heterocycles. The van der Waals surface area contributed by atoms with Gasteiger partial charge in [0.2, 0.25) is 0 Å². The van der Waals surface area contributed by atoms with Crippen LogP contribution in [-0.2, 0) is 0 Å². The minimum atomic E-state index is -0.371. The fourth-order valence-corrected chi connectivity index (χ4v) is 2.22. The summed E-state index contributed by atoms with van der Waals surface area (Å²) in [5.74, 6) is -0.371. The molecule has 0 bridgehead atoms. The molecular weight excluding hydrogens is 252 g/mol. The lowest BCUT2D eigenvalue weighted by molar-refractivity contribution is 0.0951. The normalized spacial score (nSPS) is 10.7. The molecule has 2 heterocycles. The predicted molar refractivity (Wildman–Crippen MR) is 70.2 cm³/mol. The maximum atomic E-state index is 12.0. The van der Waals surface area contributed by atoms with Gasteiger partial charge in [-0.2, -0.15) is 0 Å². The van der Waals surface area contributed by atoms with Crippen LogP contribution in [0, 0.1) is 0 Å². The number of aromatic nitrogens is 2. The largest absolute Gasteiger partial charge is 0.352 e. The molecule has 0 saturated heterocycles. The summed E-state index contributed by atoms with van der Waals surface area (Å²) in [5, 5.41) is 7.45. The Morgan fingerprint density at radius 1 is 1.50 bits per heavy atom. The van der Waals surface area contributed by atoms with Crippen molar-refractivity contribution in [2.24, 2.45) is 0 Å². The molecule has 0 unspecified atom stereocenters. The molecule has 2 aromatic rings. The van der Waals surface area contributed by atoms with Gasteiger partial charge >= 0.3 is 0 Å². The molecule has 0 spiro atoms. The number of fused-ring (bicyclic) bond motifs is 1. The van der Waals surface area contributed by atoms with Crippen molar-refractivity contribution in [2.75, 3.05) is 20.1 Å². The predicted octanol–water partition coefficient (Wildman–Crippen LogP) is 0.0953. The number of amides is 1. The SMILES string of the molecule is CNCCCNC(=O)c1cnc2sccn2c1=O. The highest BCUT2D eigenvalue weighted by Crippen LogP contribution is 2.05. The summed E-state index contributed by atoms with van der Waals surface area (Å²) in [5.41, 5.74) is -0.247. The van der Waals surface area contributed by atoms with Gasteiger partial charge < -0.3 is 10.6 Å². The van der Waals surface area contributed by atoms with Gasteiger partial charge in [0.05, 0.1) is 0 Å². The van der Waals surface area contributed by atoms with Crippen LogP contribution in [0.3, 0.4) is 0 Å². The van der Waals surface area contributed by atoms with E-state index in [1.54, 1.807) is 11.6 Å². The molecular formula is C11H14N4O2S. The first kappa shape index (κ1) is 12.7. The summed E-state index contributed by atoms with van der Waals surface area (Å²) in [6.45, 7) is 1.35. The smallest absolute Gasteiger partial charge is 0.271 e. The summed E-state index contributed by atoms with van der Waals surface area (Å²) < 4.78 is 1.38. The Hall–Kier alpha value is -1.73. The van der Waals surface area contributed by atoms with E-state index in [0.717, 1.165) is 13.0 Å². The van der Waals surface area contributed by atoms with Crippen LogP contribution in [0.4, 0.5) is 0 Å². The second kappa shape index (κ2) is 5.74. The average molecular weight is 266 g/mol. The van der Waals surface area contributed by atoms with Crippen molar-refractivity contribution in [3.05, 3.63) is 33.7 Å². The first-order valence-corrected chi connectivity index (χ1v) is 6.49. The molecule has 0 aliphatic heterocycles. The van der Waals surface area contributed by atoms with Gasteiger partial charge in [0, 0.05) is 24.3 Å². The molecule has 0 radical (unpaired) electrons. The third-order valence-electron chi connectivity index (χ3n) is 2.48. The fraction of sp³-hybridized carbons (Fsp3) is 0.364. The summed E-state index contributed by atoms with van der Waals surface area (Å²) in [7, 11) is 1.85. The number of nitrogens with one attached hydrogen (secondary N) is 2. The number of carbonyl (C=O) groups excluding carboxylic acids is 1. The second-order valence-electron chi connectivity index (χ2n) is 3.75. The highest BCUT2D eigenvalue weighted by molar-refractivity contribution is 7.15. The first-order chi connectivity index (χ1) is 8.74. The molecule has 7 heteroatoms. The summed E-state index contributed by atoms with van der Waals surface area (Å²) in [6, 6.07) is 0. The zero-order chi connectivity index (χ0) is 13.0. The Labute approximate surface area is 108 Å². The zero-order valence-electron chi connectivity index (χ0n) is 9.97. The third-order valence-corrected chi connectivity index (χ3v) is 3.25. The number of rotatable bonds is 5. The van der Waals surface area contributed by atoms with E-state index in [2.05, 4.69) is 15.6 Å². The van der Waals surface area contributed by atoms with Crippen LogP contribution >= 0.6 is 11.3 Å². The molecule has 0 aromatic carbocycles. The van der Waals surface area contributed by atoms with E-state index in [9.17, 15) is 9.59 Å². The minimum absolute atomic E-state index is 0.0790. The summed E-state index contributed by atoms with van der Waals surface area (Å²) >= 11 is 1.36. The van der Waals surface area contributed by atoms with Gasteiger partial charge in [-0.3, -0.25) is 14.0 Å². The van der Waals surface area contributed by atoms with Crippen LogP contribution in [0.1, 0.15) is 16.8 Å². The van der Waals surface area contributed by atoms with Crippen molar-refractivity contribution in [1.82, 2.24) is 20.0 Å². The number of hydrogen-bond donors (Lipinski definition) is 2. The second-order valence-corrected chi connectivity index (χ2v) is 4.62. The highest BCUT2D eigenvalue weighted by Gasteiger charge is 2.12. The van der Waals surface area contributed by atoms with E-state index in [-0.39, 0.29) is 17.0 Å². The van der Waals surface area contributed by atoms with Crippen molar-refractivity contribution in [3.8, 4) is 0 Å². The Morgan fingerprint density at radius 3 is 3.11 bits per heavy atom. The van der Waals surface area contributed by atoms with Crippen LogP contribution in [-0.4, -0.2) is 35.4 Å². The molecule has 0 aliphatic rings. The van der Waals surface area contributed by atoms with E-state index in [0.29, 0.717) is 11.5 Å². The Bertz CT molecular complexity index is 604. The van der Waals surface area contributed by atoms with Crippen LogP contribution < -0.4 is 16.2 Å². The van der Waals surface area contributed by atoms with Crippen LogP contribution in [0.15, 0.2) is 22.6 Å². The van der Waals surface area contributed by atoms with Gasteiger partial charge in [-0.1, -0.05) is 0 Å². The molecule has 2 N–H and O–H groups in total. The van der Waals surface area contributed by atoms with Gasteiger partial charge in [-0.25, -0.2) is 4.98 Å². The van der Waals surface area contributed by atoms with Crippen molar-refractivity contribution in [2.45, 2.75) is 6.42 Å². The minimum Gasteiger partial charge on any atom is -0.352 e. The Kier molecular flexibility index (Phi) is 4.06. The average Bonchev–Trinajstić information content (AvgIpc) is 2.84. The lowest BCUT2D eigenvalue weighted by Gasteiger charge is -2.04. The van der Waals surface area contributed by atoms with E-state index in [4.69, 9.17) is 0 Å². The highest BCUT2D eigenvalue weighted by atomic mass is 32.1. The molecule has 96 valence electrons. The summed E-state index contributed by atoms with van der Waals surface area (Å²) in [4.78, 5) is 28.5. The molecule has 1 amide bonds. The Balaban J connectivity index is 2.13. The molecule has 2 rings (SSSR count). The number of hydrogen-bond acceptors (Lipinski definition) is 5. The van der Waals surface area contributed by atoms with Crippen LogP contribution in [0.25, 0.3) is 4.96 Å². The monoisotopic (exact) mass is 266 g/mol. The summed E-state index contributed by atoms with van der Waals surface area (Å²) in [6.07, 6.45) is 3.77. The first-order valence-electron chi connectivity index (χ1n) is 5.61. The maximum Gasteiger partial charge on any atom is 0.271 e. The third kappa shape index (κ3) is 2.57. The van der Waals surface area contributed by atoms with E-state index in [1.807, 2.05) is 7.05 Å². The van der Waals surface area contributed by atoms with Gasteiger partial charge in [0.15, 0.2) is 4.96 Å². The van der Waals surface area contributed by atoms with Gasteiger partial charge in [0.25, 0.3) is 11.5 Å². The van der Waals surface area contributed by atoms with Gasteiger partial charge in [-0.15, -0.1) is 11.3 Å². The standard InChI is InChI=1S/C11H14N4O2S/c1-12-3-2-4-13-9(16)8-7-14-11-15(10(8)17)5-6-18-11/h5-7,12H,2-4H2,1H3,(H,13,16). The van der Waals surface area contributed by atoms with Crippen molar-refractivity contribution in [3.63, 3.8) is 0 Å². The number of thiazole rings is 1. The molecule has 0 aliphatic carbocycles. The van der Waals surface area contributed by atoms with E-state index >= 15 is 0 Å². The molecule has 0 fully saturated rings. The fourth-order valence-electron chi connectivity index (χ4n) is 1.54. The van der Waals surface area contributed by atoms with Crippen LogP contribution in [0.5, 0.6) is 0 Å². The topological polar surface area (TPSA) is 75.5 Å². The molecule has 0 saturated carbocycles. The zero-order valence-corrected chi connectivity index (χ0v) is 10.8. The number of carbonyl (C=O) groups is 1. The van der Waals surface area contributed by atoms with E-state index in [1.165, 1.54) is 21.9 Å². The number of nitrogens with zero attached hydrogens (tertiary/aromatic N) is 2. The van der Waals surface area contributed by atoms with Crippen molar-refractivity contribution in [1.29, 1.82) is 0 Å². The van der Waals surface area contributed by atoms with Crippen molar-refractivity contribution >= 4 is 22.2 Å².